The van der Waals surface area contributed by atoms with Gasteiger partial charge >= 0.3 is 0 Å². The first kappa shape index (κ1) is 13.9. The van der Waals surface area contributed by atoms with Crippen LogP contribution < -0.4 is 15.4 Å². The Morgan fingerprint density at radius 3 is 2.81 bits per heavy atom. The highest BCUT2D eigenvalue weighted by Crippen LogP contribution is 2.27. The van der Waals surface area contributed by atoms with E-state index in [0.717, 1.165) is 13.1 Å². The van der Waals surface area contributed by atoms with Gasteiger partial charge < -0.3 is 15.4 Å². The number of fused-ring (bicyclic) bond motifs is 1. The summed E-state index contributed by atoms with van der Waals surface area (Å²) in [6.45, 7) is 1.66. The molecular weight excluding hydrogens is 288 g/mol. The second-order valence-corrected chi connectivity index (χ2v) is 5.29. The molecule has 2 aromatic rings. The van der Waals surface area contributed by atoms with E-state index in [1.807, 2.05) is 18.2 Å². The molecule has 2 aromatic carbocycles. The summed E-state index contributed by atoms with van der Waals surface area (Å²) in [5, 5.41) is 6.56. The molecular formula is C16H15ClN2O2. The van der Waals surface area contributed by atoms with E-state index in [1.165, 1.54) is 11.1 Å². The largest absolute Gasteiger partial charge is 0.497 e. The summed E-state index contributed by atoms with van der Waals surface area (Å²) in [4.78, 5) is 12.3. The van der Waals surface area contributed by atoms with Crippen molar-refractivity contribution in [3.63, 3.8) is 0 Å². The smallest absolute Gasteiger partial charge is 0.255 e. The molecule has 0 spiro atoms. The van der Waals surface area contributed by atoms with Crippen molar-refractivity contribution in [1.82, 2.24) is 5.32 Å². The van der Waals surface area contributed by atoms with E-state index in [0.29, 0.717) is 22.0 Å². The maximum Gasteiger partial charge on any atom is 0.255 e. The Morgan fingerprint density at radius 1 is 1.19 bits per heavy atom. The number of rotatable bonds is 3. The second kappa shape index (κ2) is 5.76. The van der Waals surface area contributed by atoms with E-state index in [2.05, 4.69) is 10.6 Å². The fourth-order valence-electron chi connectivity index (χ4n) is 2.36. The SMILES string of the molecule is COc1ccc(Cl)c(NC(=O)c2ccc3c(c2)CNC3)c1. The van der Waals surface area contributed by atoms with Crippen LogP contribution in [0.25, 0.3) is 0 Å². The van der Waals surface area contributed by atoms with Gasteiger partial charge in [0.25, 0.3) is 5.91 Å². The van der Waals surface area contributed by atoms with Gasteiger partial charge in [0.1, 0.15) is 5.75 Å². The minimum absolute atomic E-state index is 0.181. The Bertz CT molecular complexity index is 701. The van der Waals surface area contributed by atoms with E-state index in [-0.39, 0.29) is 5.91 Å². The number of anilines is 1. The van der Waals surface area contributed by atoms with Crippen molar-refractivity contribution in [3.8, 4) is 5.75 Å². The summed E-state index contributed by atoms with van der Waals surface area (Å²) in [5.41, 5.74) is 3.57. The highest BCUT2D eigenvalue weighted by molar-refractivity contribution is 6.34. The Morgan fingerprint density at radius 2 is 2.00 bits per heavy atom. The van der Waals surface area contributed by atoms with Gasteiger partial charge in [0.05, 0.1) is 17.8 Å². The fourth-order valence-corrected chi connectivity index (χ4v) is 2.52. The highest BCUT2D eigenvalue weighted by atomic mass is 35.5. The van der Waals surface area contributed by atoms with Gasteiger partial charge in [-0.05, 0) is 35.4 Å². The van der Waals surface area contributed by atoms with Crippen molar-refractivity contribution in [3.05, 3.63) is 58.1 Å². The average Bonchev–Trinajstić information content (AvgIpc) is 2.96. The van der Waals surface area contributed by atoms with Gasteiger partial charge in [-0.1, -0.05) is 17.7 Å². The molecule has 1 aliphatic heterocycles. The maximum absolute atomic E-state index is 12.3. The number of methoxy groups -OCH3 is 1. The minimum atomic E-state index is -0.181. The first-order chi connectivity index (χ1) is 10.2. The summed E-state index contributed by atoms with van der Waals surface area (Å²) in [6.07, 6.45) is 0. The van der Waals surface area contributed by atoms with Gasteiger partial charge in [0, 0.05) is 24.7 Å². The van der Waals surface area contributed by atoms with Crippen LogP contribution in [0, 0.1) is 0 Å². The number of hydrogen-bond donors (Lipinski definition) is 2. The first-order valence-corrected chi connectivity index (χ1v) is 7.02. The lowest BCUT2D eigenvalue weighted by Crippen LogP contribution is -2.12. The van der Waals surface area contributed by atoms with E-state index >= 15 is 0 Å². The molecule has 5 heteroatoms. The number of benzene rings is 2. The van der Waals surface area contributed by atoms with Crippen LogP contribution in [0.15, 0.2) is 36.4 Å². The molecule has 0 radical (unpaired) electrons. The quantitative estimate of drug-likeness (QED) is 0.915. The standard InChI is InChI=1S/C16H15ClN2O2/c1-21-13-4-5-14(17)15(7-13)19-16(20)10-2-3-11-8-18-9-12(11)6-10/h2-7,18H,8-9H2,1H3,(H,19,20). The van der Waals surface area contributed by atoms with Crippen LogP contribution in [0.1, 0.15) is 21.5 Å². The molecule has 3 rings (SSSR count). The molecule has 0 aliphatic carbocycles. The van der Waals surface area contributed by atoms with Crippen LogP contribution in [-0.2, 0) is 13.1 Å². The summed E-state index contributed by atoms with van der Waals surface area (Å²) in [7, 11) is 1.57. The number of halogens is 1. The molecule has 2 N–H and O–H groups in total. The Balaban J connectivity index is 1.83. The third-order valence-corrected chi connectivity index (χ3v) is 3.85. The van der Waals surface area contributed by atoms with Gasteiger partial charge in [-0.15, -0.1) is 0 Å². The average molecular weight is 303 g/mol. The van der Waals surface area contributed by atoms with Gasteiger partial charge in [-0.3, -0.25) is 4.79 Å². The molecule has 0 unspecified atom stereocenters. The zero-order chi connectivity index (χ0) is 14.8. The number of ether oxygens (including phenoxy) is 1. The molecule has 4 nitrogen and oxygen atoms in total. The van der Waals surface area contributed by atoms with Crippen LogP contribution in [-0.4, -0.2) is 13.0 Å². The number of hydrogen-bond acceptors (Lipinski definition) is 3. The third kappa shape index (κ3) is 2.86. The van der Waals surface area contributed by atoms with Crippen LogP contribution in [0.2, 0.25) is 5.02 Å². The summed E-state index contributed by atoms with van der Waals surface area (Å²) < 4.78 is 5.14. The van der Waals surface area contributed by atoms with Gasteiger partial charge in [0.15, 0.2) is 0 Å². The van der Waals surface area contributed by atoms with E-state index < -0.39 is 0 Å². The highest BCUT2D eigenvalue weighted by Gasteiger charge is 2.14. The van der Waals surface area contributed by atoms with Crippen molar-refractivity contribution >= 4 is 23.2 Å². The Hall–Kier alpha value is -2.04. The number of amides is 1. The molecule has 1 amide bonds. The molecule has 0 fully saturated rings. The number of nitrogens with one attached hydrogen (secondary N) is 2. The van der Waals surface area contributed by atoms with Crippen LogP contribution in [0.5, 0.6) is 5.75 Å². The zero-order valence-electron chi connectivity index (χ0n) is 11.6. The lowest BCUT2D eigenvalue weighted by Gasteiger charge is -2.10. The lowest BCUT2D eigenvalue weighted by molar-refractivity contribution is 0.102. The normalized spacial score (nSPS) is 12.9. The first-order valence-electron chi connectivity index (χ1n) is 6.65. The zero-order valence-corrected chi connectivity index (χ0v) is 12.3. The predicted octanol–water partition coefficient (Wildman–Crippen LogP) is 3.20. The maximum atomic E-state index is 12.3. The Labute approximate surface area is 128 Å². The molecule has 21 heavy (non-hydrogen) atoms. The third-order valence-electron chi connectivity index (χ3n) is 3.52. The predicted molar refractivity (Wildman–Crippen MR) is 82.9 cm³/mol. The molecule has 0 aromatic heterocycles. The molecule has 1 heterocycles. The van der Waals surface area contributed by atoms with Crippen LogP contribution >= 0.6 is 11.6 Å². The topological polar surface area (TPSA) is 50.4 Å². The molecule has 0 atom stereocenters. The molecule has 0 saturated carbocycles. The van der Waals surface area contributed by atoms with E-state index in [4.69, 9.17) is 16.3 Å². The molecule has 0 saturated heterocycles. The van der Waals surface area contributed by atoms with E-state index in [1.54, 1.807) is 25.3 Å². The Kier molecular flexibility index (Phi) is 3.82. The van der Waals surface area contributed by atoms with Crippen molar-refractivity contribution in [1.29, 1.82) is 0 Å². The summed E-state index contributed by atoms with van der Waals surface area (Å²) in [5.74, 6) is 0.465. The van der Waals surface area contributed by atoms with Crippen LogP contribution in [0.4, 0.5) is 5.69 Å². The van der Waals surface area contributed by atoms with E-state index in [9.17, 15) is 4.79 Å². The summed E-state index contributed by atoms with van der Waals surface area (Å²) >= 11 is 6.10. The molecule has 108 valence electrons. The molecule has 0 bridgehead atoms. The van der Waals surface area contributed by atoms with Crippen molar-refractivity contribution in [2.24, 2.45) is 0 Å². The van der Waals surface area contributed by atoms with Crippen LogP contribution in [0.3, 0.4) is 0 Å². The number of carbonyl (C=O) groups is 1. The lowest BCUT2D eigenvalue weighted by atomic mass is 10.1. The summed E-state index contributed by atoms with van der Waals surface area (Å²) in [6, 6.07) is 10.9. The van der Waals surface area contributed by atoms with Crippen molar-refractivity contribution in [2.45, 2.75) is 13.1 Å². The minimum Gasteiger partial charge on any atom is -0.497 e. The van der Waals surface area contributed by atoms with Gasteiger partial charge in [-0.2, -0.15) is 0 Å². The number of carbonyl (C=O) groups excluding carboxylic acids is 1. The van der Waals surface area contributed by atoms with Gasteiger partial charge in [0.2, 0.25) is 0 Å². The second-order valence-electron chi connectivity index (χ2n) is 4.89. The van der Waals surface area contributed by atoms with Crippen molar-refractivity contribution < 1.29 is 9.53 Å². The monoisotopic (exact) mass is 302 g/mol. The van der Waals surface area contributed by atoms with Crippen molar-refractivity contribution in [2.75, 3.05) is 12.4 Å². The molecule has 1 aliphatic rings. The fraction of sp³-hybridized carbons (Fsp3) is 0.188. The van der Waals surface area contributed by atoms with Gasteiger partial charge in [-0.25, -0.2) is 0 Å².